The van der Waals surface area contributed by atoms with E-state index in [9.17, 15) is 15.2 Å². The first-order valence-electron chi connectivity index (χ1n) is 4.85. The summed E-state index contributed by atoms with van der Waals surface area (Å²) in [6, 6.07) is 4.06. The molecule has 1 atom stereocenters. The molecule has 0 heterocycles. The summed E-state index contributed by atoms with van der Waals surface area (Å²) >= 11 is 11.3. The normalized spacial score (nSPS) is 11.7. The fraction of sp³-hybridized carbons (Fsp3) is 0.300. The molecular formula is C10H9Cl2N3O3. The zero-order valence-electron chi connectivity index (χ0n) is 9.06. The van der Waals surface area contributed by atoms with E-state index in [-0.39, 0.29) is 34.4 Å². The zero-order chi connectivity index (χ0) is 13.7. The van der Waals surface area contributed by atoms with E-state index in [1.54, 1.807) is 0 Å². The molecule has 6 nitrogen and oxygen atoms in total. The number of halogens is 2. The van der Waals surface area contributed by atoms with Crippen molar-refractivity contribution >= 4 is 34.6 Å². The van der Waals surface area contributed by atoms with Crippen LogP contribution in [0.15, 0.2) is 12.1 Å². The van der Waals surface area contributed by atoms with E-state index in [1.165, 1.54) is 0 Å². The van der Waals surface area contributed by atoms with Crippen molar-refractivity contribution in [3.63, 3.8) is 0 Å². The maximum absolute atomic E-state index is 10.6. The molecule has 2 N–H and O–H groups in total. The molecule has 1 rings (SSSR count). The molecule has 0 fully saturated rings. The predicted octanol–water partition coefficient (Wildman–Crippen LogP) is 2.13. The lowest BCUT2D eigenvalue weighted by atomic mass is 10.1. The third kappa shape index (κ3) is 3.47. The van der Waals surface area contributed by atoms with E-state index in [2.05, 4.69) is 5.32 Å². The second-order valence-electron chi connectivity index (χ2n) is 3.41. The third-order valence-electron chi connectivity index (χ3n) is 2.10. The molecule has 0 saturated carbocycles. The van der Waals surface area contributed by atoms with E-state index in [4.69, 9.17) is 28.5 Å². The van der Waals surface area contributed by atoms with Crippen LogP contribution in [0.25, 0.3) is 0 Å². The number of benzene rings is 1. The maximum atomic E-state index is 10.6. The first-order chi connectivity index (χ1) is 8.49. The lowest BCUT2D eigenvalue weighted by Crippen LogP contribution is -2.21. The van der Waals surface area contributed by atoms with Gasteiger partial charge < -0.3 is 10.4 Å². The van der Waals surface area contributed by atoms with Crippen LogP contribution in [0.4, 0.5) is 11.4 Å². The Labute approximate surface area is 113 Å². The second kappa shape index (κ2) is 6.40. The molecule has 0 aromatic heterocycles. The number of aliphatic hydroxyl groups excluding tert-OH is 1. The molecule has 1 aromatic carbocycles. The predicted molar refractivity (Wildman–Crippen MR) is 68.0 cm³/mol. The Balaban J connectivity index is 3.05. The Morgan fingerprint density at radius 1 is 1.61 bits per heavy atom. The van der Waals surface area contributed by atoms with Gasteiger partial charge in [0.05, 0.1) is 33.2 Å². The van der Waals surface area contributed by atoms with E-state index in [1.807, 2.05) is 6.07 Å². The summed E-state index contributed by atoms with van der Waals surface area (Å²) in [5.74, 6) is 0.0273. The number of nitro groups is 1. The van der Waals surface area contributed by atoms with Crippen LogP contribution in [0.5, 0.6) is 0 Å². The number of nitro benzene ring substituents is 1. The van der Waals surface area contributed by atoms with E-state index in [0.717, 1.165) is 12.1 Å². The Morgan fingerprint density at radius 3 is 2.78 bits per heavy atom. The van der Waals surface area contributed by atoms with Crippen molar-refractivity contribution < 1.29 is 10.0 Å². The Hall–Kier alpha value is -1.55. The van der Waals surface area contributed by atoms with Crippen molar-refractivity contribution in [2.45, 2.75) is 6.10 Å². The zero-order valence-corrected chi connectivity index (χ0v) is 10.6. The highest BCUT2D eigenvalue weighted by Gasteiger charge is 2.16. The van der Waals surface area contributed by atoms with Crippen LogP contribution >= 0.6 is 23.2 Å². The van der Waals surface area contributed by atoms with Gasteiger partial charge in [-0.05, 0) is 0 Å². The number of hydrogen-bond acceptors (Lipinski definition) is 5. The Morgan fingerprint density at radius 2 is 2.28 bits per heavy atom. The monoisotopic (exact) mass is 289 g/mol. The van der Waals surface area contributed by atoms with Gasteiger partial charge in [-0.3, -0.25) is 10.1 Å². The first-order valence-corrected chi connectivity index (χ1v) is 5.76. The van der Waals surface area contributed by atoms with Gasteiger partial charge in [-0.2, -0.15) is 5.26 Å². The van der Waals surface area contributed by atoms with Crippen LogP contribution in [-0.2, 0) is 0 Å². The average Bonchev–Trinajstić information content (AvgIpc) is 2.35. The van der Waals surface area contributed by atoms with Gasteiger partial charge in [-0.25, -0.2) is 0 Å². The minimum Gasteiger partial charge on any atom is -0.390 e. The molecule has 1 unspecified atom stereocenters. The summed E-state index contributed by atoms with van der Waals surface area (Å²) in [5.41, 5.74) is 0.0184. The highest BCUT2D eigenvalue weighted by molar-refractivity contribution is 6.33. The number of nitrogens with one attached hydrogen (secondary N) is 1. The second-order valence-corrected chi connectivity index (χ2v) is 4.12. The number of alkyl halides is 1. The summed E-state index contributed by atoms with van der Waals surface area (Å²) in [6.07, 6.45) is -0.801. The molecule has 96 valence electrons. The van der Waals surface area contributed by atoms with Crippen molar-refractivity contribution in [1.29, 1.82) is 5.26 Å². The smallest absolute Gasteiger partial charge is 0.272 e. The van der Waals surface area contributed by atoms with Crippen LogP contribution in [0.3, 0.4) is 0 Å². The summed E-state index contributed by atoms with van der Waals surface area (Å²) in [6.45, 7) is 0.0930. The first kappa shape index (κ1) is 14.5. The van der Waals surface area contributed by atoms with Gasteiger partial charge in [0.2, 0.25) is 0 Å². The van der Waals surface area contributed by atoms with Gasteiger partial charge in [-0.15, -0.1) is 11.6 Å². The number of anilines is 1. The average molecular weight is 290 g/mol. The highest BCUT2D eigenvalue weighted by atomic mass is 35.5. The summed E-state index contributed by atoms with van der Waals surface area (Å²) in [4.78, 5) is 9.97. The number of nitrogens with zero attached hydrogens (tertiary/aromatic N) is 2. The van der Waals surface area contributed by atoms with Crippen molar-refractivity contribution in [3.05, 3.63) is 32.8 Å². The lowest BCUT2D eigenvalue weighted by molar-refractivity contribution is -0.384. The molecule has 8 heteroatoms. The van der Waals surface area contributed by atoms with E-state index in [0.29, 0.717) is 0 Å². The fourth-order valence-corrected chi connectivity index (χ4v) is 1.63. The van der Waals surface area contributed by atoms with Crippen molar-refractivity contribution in [3.8, 4) is 6.07 Å². The molecule has 0 spiro atoms. The standard InChI is InChI=1S/C10H9Cl2N3O3/c11-3-8(16)5-14-10-6(4-13)1-7(15(17)18)2-9(10)12/h1-2,8,14,16H,3,5H2. The summed E-state index contributed by atoms with van der Waals surface area (Å²) in [5, 5.41) is 31.6. The minimum absolute atomic E-state index is 0.0273. The van der Waals surface area contributed by atoms with Crippen LogP contribution in [0.2, 0.25) is 5.02 Å². The summed E-state index contributed by atoms with van der Waals surface area (Å²) in [7, 11) is 0. The topological polar surface area (TPSA) is 99.2 Å². The molecule has 0 amide bonds. The largest absolute Gasteiger partial charge is 0.390 e. The molecule has 0 aliphatic heterocycles. The quantitative estimate of drug-likeness (QED) is 0.491. The third-order valence-corrected chi connectivity index (χ3v) is 2.75. The fourth-order valence-electron chi connectivity index (χ4n) is 1.24. The molecule has 0 aliphatic carbocycles. The van der Waals surface area contributed by atoms with Crippen molar-refractivity contribution in [2.24, 2.45) is 0 Å². The molecule has 0 radical (unpaired) electrons. The molecule has 18 heavy (non-hydrogen) atoms. The lowest BCUT2D eigenvalue weighted by Gasteiger charge is -2.12. The van der Waals surface area contributed by atoms with Gasteiger partial charge >= 0.3 is 0 Å². The molecule has 0 saturated heterocycles. The van der Waals surface area contributed by atoms with Gasteiger partial charge in [0.15, 0.2) is 0 Å². The van der Waals surface area contributed by atoms with E-state index < -0.39 is 11.0 Å². The Kier molecular flexibility index (Phi) is 5.16. The van der Waals surface area contributed by atoms with Crippen LogP contribution in [0.1, 0.15) is 5.56 Å². The van der Waals surface area contributed by atoms with E-state index >= 15 is 0 Å². The molecule has 0 bridgehead atoms. The van der Waals surface area contributed by atoms with Gasteiger partial charge in [0.25, 0.3) is 5.69 Å². The molecule has 1 aromatic rings. The molecule has 0 aliphatic rings. The minimum atomic E-state index is -0.801. The number of rotatable bonds is 5. The van der Waals surface area contributed by atoms with Crippen molar-refractivity contribution in [1.82, 2.24) is 0 Å². The molecular weight excluding hydrogens is 281 g/mol. The van der Waals surface area contributed by atoms with Gasteiger partial charge in [0.1, 0.15) is 6.07 Å². The maximum Gasteiger partial charge on any atom is 0.272 e. The van der Waals surface area contributed by atoms with Crippen LogP contribution in [0, 0.1) is 21.4 Å². The number of hydrogen-bond donors (Lipinski definition) is 2. The van der Waals surface area contributed by atoms with Crippen molar-refractivity contribution in [2.75, 3.05) is 17.7 Å². The SMILES string of the molecule is N#Cc1cc([N+](=O)[O-])cc(Cl)c1NCC(O)CCl. The highest BCUT2D eigenvalue weighted by Crippen LogP contribution is 2.30. The van der Waals surface area contributed by atoms with Crippen LogP contribution < -0.4 is 5.32 Å². The number of nitriles is 1. The van der Waals surface area contributed by atoms with Gasteiger partial charge in [0, 0.05) is 18.7 Å². The number of aliphatic hydroxyl groups is 1. The van der Waals surface area contributed by atoms with Crippen LogP contribution in [-0.4, -0.2) is 28.6 Å². The van der Waals surface area contributed by atoms with Gasteiger partial charge in [-0.1, -0.05) is 11.6 Å². The summed E-state index contributed by atoms with van der Waals surface area (Å²) < 4.78 is 0. The Bertz CT molecular complexity index is 502. The number of non-ortho nitro benzene ring substituents is 1.